The number of benzene rings is 2. The third-order valence-electron chi connectivity index (χ3n) is 7.36. The van der Waals surface area contributed by atoms with E-state index in [2.05, 4.69) is 22.6 Å². The molecule has 3 N–H and O–H groups in total. The highest BCUT2D eigenvalue weighted by Gasteiger charge is 2.46. The van der Waals surface area contributed by atoms with Crippen molar-refractivity contribution in [1.29, 1.82) is 0 Å². The molecule has 4 atom stereocenters. The summed E-state index contributed by atoms with van der Waals surface area (Å²) in [7, 11) is 3.65. The summed E-state index contributed by atoms with van der Waals surface area (Å²) in [6, 6.07) is 12.2. The number of methoxy groups -OCH3 is 1. The molecule has 0 unspecified atom stereocenters. The first-order valence-electron chi connectivity index (χ1n) is 12.7. The Bertz CT molecular complexity index is 1120. The van der Waals surface area contributed by atoms with Gasteiger partial charge >= 0.3 is 6.03 Å². The fourth-order valence-electron chi connectivity index (χ4n) is 5.31. The lowest BCUT2D eigenvalue weighted by atomic mass is 9.84. The van der Waals surface area contributed by atoms with Crippen LogP contribution in [-0.2, 0) is 9.53 Å². The number of piperazine rings is 1. The maximum atomic E-state index is 12.9. The molecular formula is C27H34N4O6. The molecule has 3 aliphatic rings. The molecule has 0 saturated carbocycles. The van der Waals surface area contributed by atoms with Crippen molar-refractivity contribution in [2.45, 2.75) is 37.1 Å². The summed E-state index contributed by atoms with van der Waals surface area (Å²) in [4.78, 5) is 29.6. The van der Waals surface area contributed by atoms with Crippen LogP contribution in [0.15, 0.2) is 42.5 Å². The van der Waals surface area contributed by atoms with Crippen LogP contribution in [0.5, 0.6) is 11.5 Å². The topological polar surface area (TPSA) is 113 Å². The number of carbonyl (C=O) groups is 2. The summed E-state index contributed by atoms with van der Waals surface area (Å²) in [6.45, 7) is 2.98. The minimum Gasteiger partial charge on any atom is -0.497 e. The molecule has 37 heavy (non-hydrogen) atoms. The van der Waals surface area contributed by atoms with Gasteiger partial charge in [-0.1, -0.05) is 0 Å². The van der Waals surface area contributed by atoms with E-state index in [1.54, 1.807) is 37.4 Å². The first kappa shape index (κ1) is 25.3. The molecule has 5 rings (SSSR count). The third-order valence-corrected chi connectivity index (χ3v) is 7.36. The van der Waals surface area contributed by atoms with Gasteiger partial charge in [-0.05, 0) is 55.9 Å². The fraction of sp³-hybridized carbons (Fsp3) is 0.481. The van der Waals surface area contributed by atoms with E-state index in [0.717, 1.165) is 31.7 Å². The standard InChI is InChI=1S/C27H34N4O6/c1-30-9-11-31(12-10-30)25(33)15-20-14-22-21-13-18(5-8-23(21)37-26(22)24(16-32)36-20)29-27(34)28-17-3-6-19(35-2)7-4-17/h3-8,13,20,22,24,26,32H,9-12,14-16H2,1-2H3,(H2,28,29,34)/t20-,22+,24-,26-/m0/s1. The number of urea groups is 1. The van der Waals surface area contributed by atoms with Crippen LogP contribution in [0.4, 0.5) is 16.2 Å². The molecule has 2 aromatic carbocycles. The fourth-order valence-corrected chi connectivity index (χ4v) is 5.31. The van der Waals surface area contributed by atoms with Crippen molar-refractivity contribution in [3.63, 3.8) is 0 Å². The Balaban J connectivity index is 1.25. The maximum Gasteiger partial charge on any atom is 0.323 e. The van der Waals surface area contributed by atoms with Crippen molar-refractivity contribution in [3.8, 4) is 11.5 Å². The van der Waals surface area contributed by atoms with Gasteiger partial charge in [-0.15, -0.1) is 0 Å². The second-order valence-electron chi connectivity index (χ2n) is 9.85. The highest BCUT2D eigenvalue weighted by molar-refractivity contribution is 5.99. The maximum absolute atomic E-state index is 12.9. The summed E-state index contributed by atoms with van der Waals surface area (Å²) in [6.07, 6.45) is -0.282. The highest BCUT2D eigenvalue weighted by Crippen LogP contribution is 2.47. The summed E-state index contributed by atoms with van der Waals surface area (Å²) >= 11 is 0. The van der Waals surface area contributed by atoms with Crippen LogP contribution in [0.3, 0.4) is 0 Å². The first-order chi connectivity index (χ1) is 17.9. The van der Waals surface area contributed by atoms with Gasteiger partial charge < -0.3 is 39.8 Å². The second kappa shape index (κ2) is 11.0. The average molecular weight is 511 g/mol. The number of rotatable bonds is 6. The molecule has 0 bridgehead atoms. The van der Waals surface area contributed by atoms with E-state index in [1.807, 2.05) is 17.0 Å². The van der Waals surface area contributed by atoms with Crippen LogP contribution >= 0.6 is 0 Å². The summed E-state index contributed by atoms with van der Waals surface area (Å²) < 4.78 is 17.4. The lowest BCUT2D eigenvalue weighted by Crippen LogP contribution is -2.50. The lowest BCUT2D eigenvalue weighted by Gasteiger charge is -2.38. The van der Waals surface area contributed by atoms with Crippen molar-refractivity contribution < 1.29 is 28.9 Å². The molecule has 3 aliphatic heterocycles. The predicted octanol–water partition coefficient (Wildman–Crippen LogP) is 2.50. The van der Waals surface area contributed by atoms with Crippen molar-refractivity contribution in [3.05, 3.63) is 48.0 Å². The molecule has 2 aromatic rings. The van der Waals surface area contributed by atoms with Gasteiger partial charge in [-0.3, -0.25) is 4.79 Å². The number of fused-ring (bicyclic) bond motifs is 3. The number of hydrogen-bond acceptors (Lipinski definition) is 7. The quantitative estimate of drug-likeness (QED) is 0.547. The van der Waals surface area contributed by atoms with E-state index in [0.29, 0.717) is 29.3 Å². The number of hydrogen-bond donors (Lipinski definition) is 3. The van der Waals surface area contributed by atoms with Crippen molar-refractivity contribution in [2.75, 3.05) is 57.6 Å². The zero-order valence-electron chi connectivity index (χ0n) is 21.2. The van der Waals surface area contributed by atoms with Crippen molar-refractivity contribution in [1.82, 2.24) is 9.80 Å². The Morgan fingerprint density at radius 3 is 2.46 bits per heavy atom. The number of carbonyl (C=O) groups excluding carboxylic acids is 2. The number of aliphatic hydroxyl groups excluding tert-OH is 1. The van der Waals surface area contributed by atoms with E-state index < -0.39 is 6.10 Å². The number of likely N-dealkylation sites (N-methyl/N-ethyl adjacent to an activating group) is 1. The second-order valence-corrected chi connectivity index (χ2v) is 9.85. The number of amides is 3. The Morgan fingerprint density at radius 2 is 1.76 bits per heavy atom. The Morgan fingerprint density at radius 1 is 1.05 bits per heavy atom. The molecule has 10 heteroatoms. The SMILES string of the molecule is COc1ccc(NC(=O)Nc2ccc3c(c2)[C@H]2C[C@@H](CC(=O)N4CCN(C)CC4)O[C@@H](CO)[C@H]2O3)cc1. The van der Waals surface area contributed by atoms with E-state index in [1.165, 1.54) is 0 Å². The van der Waals surface area contributed by atoms with Crippen LogP contribution in [0.1, 0.15) is 24.3 Å². The predicted molar refractivity (Wildman–Crippen MR) is 138 cm³/mol. The Hall–Kier alpha value is -3.34. The van der Waals surface area contributed by atoms with Gasteiger partial charge in [-0.25, -0.2) is 4.79 Å². The largest absolute Gasteiger partial charge is 0.497 e. The minimum atomic E-state index is -0.522. The Labute approximate surface area is 216 Å². The first-order valence-corrected chi connectivity index (χ1v) is 12.7. The summed E-state index contributed by atoms with van der Waals surface area (Å²) in [5.41, 5.74) is 2.23. The van der Waals surface area contributed by atoms with Gasteiger partial charge in [0.05, 0.1) is 26.2 Å². The summed E-state index contributed by atoms with van der Waals surface area (Å²) in [5, 5.41) is 15.7. The van der Waals surface area contributed by atoms with Crippen molar-refractivity contribution in [2.24, 2.45) is 0 Å². The number of nitrogens with zero attached hydrogens (tertiary/aromatic N) is 2. The van der Waals surface area contributed by atoms with Crippen LogP contribution in [0.25, 0.3) is 0 Å². The average Bonchev–Trinajstić information content (AvgIpc) is 3.27. The van der Waals surface area contributed by atoms with Crippen LogP contribution < -0.4 is 20.1 Å². The van der Waals surface area contributed by atoms with Crippen LogP contribution in [0, 0.1) is 0 Å². The normalized spacial score (nSPS) is 25.0. The van der Waals surface area contributed by atoms with E-state index in [4.69, 9.17) is 14.2 Å². The van der Waals surface area contributed by atoms with Crippen molar-refractivity contribution >= 4 is 23.3 Å². The molecule has 0 spiro atoms. The van der Waals surface area contributed by atoms with E-state index >= 15 is 0 Å². The zero-order chi connectivity index (χ0) is 25.9. The monoisotopic (exact) mass is 510 g/mol. The molecular weight excluding hydrogens is 476 g/mol. The van der Waals surface area contributed by atoms with Gasteiger partial charge in [0.25, 0.3) is 0 Å². The third kappa shape index (κ3) is 5.66. The number of anilines is 2. The minimum absolute atomic E-state index is 0.0439. The smallest absolute Gasteiger partial charge is 0.323 e. The molecule has 3 amide bonds. The summed E-state index contributed by atoms with van der Waals surface area (Å²) in [5.74, 6) is 1.46. The molecule has 0 aliphatic carbocycles. The molecule has 10 nitrogen and oxygen atoms in total. The Kier molecular flexibility index (Phi) is 7.50. The van der Waals surface area contributed by atoms with Gasteiger partial charge in [0.1, 0.15) is 23.7 Å². The number of ether oxygens (including phenoxy) is 3. The number of aliphatic hydroxyl groups is 1. The van der Waals surface area contributed by atoms with Gasteiger partial charge in [0.15, 0.2) is 0 Å². The molecule has 0 aromatic heterocycles. The molecule has 2 fully saturated rings. The highest BCUT2D eigenvalue weighted by atomic mass is 16.6. The van der Waals surface area contributed by atoms with Gasteiger partial charge in [-0.2, -0.15) is 0 Å². The molecule has 0 radical (unpaired) electrons. The number of nitrogens with one attached hydrogen (secondary N) is 2. The van der Waals surface area contributed by atoms with E-state index in [9.17, 15) is 14.7 Å². The lowest BCUT2D eigenvalue weighted by molar-refractivity contribution is -0.150. The van der Waals surface area contributed by atoms with Gasteiger partial charge in [0.2, 0.25) is 5.91 Å². The molecule has 3 heterocycles. The van der Waals surface area contributed by atoms with E-state index in [-0.39, 0.29) is 43.1 Å². The van der Waals surface area contributed by atoms with Crippen LogP contribution in [-0.4, -0.2) is 92.1 Å². The zero-order valence-corrected chi connectivity index (χ0v) is 21.2. The van der Waals surface area contributed by atoms with Crippen LogP contribution in [0.2, 0.25) is 0 Å². The molecule has 198 valence electrons. The molecule has 2 saturated heterocycles. The van der Waals surface area contributed by atoms with Gasteiger partial charge in [0, 0.05) is 49.0 Å².